The van der Waals surface area contributed by atoms with E-state index in [1.165, 1.54) is 40.7 Å². The fraction of sp³-hybridized carbons (Fsp3) is 0.241. The van der Waals surface area contributed by atoms with E-state index in [0.29, 0.717) is 0 Å². The molecule has 1 fully saturated rings. The highest BCUT2D eigenvalue weighted by Gasteiger charge is 2.23. The number of aryl methyl sites for hydroxylation is 1. The van der Waals surface area contributed by atoms with E-state index >= 15 is 0 Å². The maximum Gasteiger partial charge on any atom is 0.0888 e. The third-order valence-corrected chi connectivity index (χ3v) is 7.29. The molecule has 1 aliphatic carbocycles. The summed E-state index contributed by atoms with van der Waals surface area (Å²) >= 11 is 1.66. The molecule has 1 atom stereocenters. The van der Waals surface area contributed by atoms with Gasteiger partial charge in [0.1, 0.15) is 0 Å². The van der Waals surface area contributed by atoms with Crippen molar-refractivity contribution >= 4 is 11.3 Å². The summed E-state index contributed by atoms with van der Waals surface area (Å²) in [4.78, 5) is 1.08. The summed E-state index contributed by atoms with van der Waals surface area (Å²) in [5.41, 5.74) is 7.66. The van der Waals surface area contributed by atoms with Crippen LogP contribution < -0.4 is 0 Å². The van der Waals surface area contributed by atoms with Gasteiger partial charge in [0.25, 0.3) is 0 Å². The van der Waals surface area contributed by atoms with Crippen LogP contribution in [0.3, 0.4) is 0 Å². The van der Waals surface area contributed by atoms with Gasteiger partial charge >= 0.3 is 0 Å². The molecule has 1 aromatic heterocycles. The summed E-state index contributed by atoms with van der Waals surface area (Å²) in [7, 11) is 0. The molecule has 0 amide bonds. The van der Waals surface area contributed by atoms with Gasteiger partial charge in [0.05, 0.1) is 6.10 Å². The van der Waals surface area contributed by atoms with E-state index in [-0.39, 0.29) is 0 Å². The molecular weight excluding hydrogens is 396 g/mol. The molecule has 1 N–H and O–H groups in total. The van der Waals surface area contributed by atoms with Crippen LogP contribution in [-0.2, 0) is 6.42 Å². The molecule has 0 bridgehead atoms. The molecule has 0 aliphatic heterocycles. The highest BCUT2D eigenvalue weighted by molar-refractivity contribution is 7.10. The minimum Gasteiger partial charge on any atom is -0.388 e. The fourth-order valence-electron chi connectivity index (χ4n) is 4.30. The number of aliphatic hydroxyl groups excluding tert-OH is 1. The lowest BCUT2D eigenvalue weighted by atomic mass is 9.97. The average Bonchev–Trinajstić information content (AvgIpc) is 3.56. The zero-order valence-electron chi connectivity index (χ0n) is 17.7. The van der Waals surface area contributed by atoms with Crippen molar-refractivity contribution in [2.45, 2.75) is 44.1 Å². The van der Waals surface area contributed by atoms with E-state index in [9.17, 15) is 5.11 Å². The Hall–Kier alpha value is -2.68. The van der Waals surface area contributed by atoms with Crippen LogP contribution in [0.1, 0.15) is 53.7 Å². The number of rotatable bonds is 8. The number of benzene rings is 3. The molecule has 0 radical (unpaired) electrons. The number of aliphatic hydroxyl groups is 1. The van der Waals surface area contributed by atoms with E-state index in [2.05, 4.69) is 84.2 Å². The van der Waals surface area contributed by atoms with Crippen molar-refractivity contribution in [2.24, 2.45) is 0 Å². The fourth-order valence-corrected chi connectivity index (χ4v) is 5.24. The molecule has 1 aliphatic rings. The molecule has 1 heterocycles. The summed E-state index contributed by atoms with van der Waals surface area (Å²) in [5.74, 6) is 0.799. The molecule has 1 nitrogen and oxygen atoms in total. The minimum absolute atomic E-state index is 0.409. The zero-order valence-corrected chi connectivity index (χ0v) is 18.5. The Kier molecular flexibility index (Phi) is 6.01. The second-order valence-electron chi connectivity index (χ2n) is 8.57. The van der Waals surface area contributed by atoms with Gasteiger partial charge in [0.2, 0.25) is 0 Å². The van der Waals surface area contributed by atoms with Gasteiger partial charge < -0.3 is 5.11 Å². The Bertz CT molecular complexity index is 1110. The minimum atomic E-state index is -0.409. The molecule has 2 heteroatoms. The molecule has 31 heavy (non-hydrogen) atoms. The van der Waals surface area contributed by atoms with Gasteiger partial charge in [-0.2, -0.15) is 0 Å². The highest BCUT2D eigenvalue weighted by Crippen LogP contribution is 2.40. The smallest absolute Gasteiger partial charge is 0.0888 e. The Labute approximate surface area is 189 Å². The zero-order chi connectivity index (χ0) is 21.0. The van der Waals surface area contributed by atoms with Gasteiger partial charge in [-0.25, -0.2) is 0 Å². The van der Waals surface area contributed by atoms with Crippen molar-refractivity contribution in [1.82, 2.24) is 0 Å². The van der Waals surface area contributed by atoms with Crippen LogP contribution in [0.2, 0.25) is 0 Å². The monoisotopic (exact) mass is 424 g/mol. The second-order valence-corrected chi connectivity index (χ2v) is 9.51. The number of hydrogen-bond acceptors (Lipinski definition) is 2. The van der Waals surface area contributed by atoms with E-state index in [1.54, 1.807) is 11.3 Å². The SMILES string of the molecule is OC(CCCc1ccccc1)c1sccc1-c1ccc(-c2ccc(C3CC3)cc2)cc1. The van der Waals surface area contributed by atoms with Crippen LogP contribution >= 0.6 is 11.3 Å². The van der Waals surface area contributed by atoms with E-state index in [1.807, 2.05) is 6.07 Å². The van der Waals surface area contributed by atoms with Crippen LogP contribution in [0, 0.1) is 0 Å². The van der Waals surface area contributed by atoms with Gasteiger partial charge in [0, 0.05) is 4.88 Å². The third kappa shape index (κ3) is 4.81. The predicted molar refractivity (Wildman–Crippen MR) is 132 cm³/mol. The Balaban J connectivity index is 1.26. The van der Waals surface area contributed by atoms with Crippen LogP contribution in [0.4, 0.5) is 0 Å². The number of hydrogen-bond donors (Lipinski definition) is 1. The van der Waals surface area contributed by atoms with Gasteiger partial charge in [0.15, 0.2) is 0 Å². The van der Waals surface area contributed by atoms with Crippen molar-refractivity contribution in [1.29, 1.82) is 0 Å². The molecule has 156 valence electrons. The first-order valence-corrected chi connectivity index (χ1v) is 12.2. The van der Waals surface area contributed by atoms with E-state index < -0.39 is 6.10 Å². The van der Waals surface area contributed by atoms with Gasteiger partial charge in [-0.3, -0.25) is 0 Å². The van der Waals surface area contributed by atoms with Crippen molar-refractivity contribution in [3.8, 4) is 22.3 Å². The third-order valence-electron chi connectivity index (χ3n) is 6.27. The normalized spacial score (nSPS) is 14.5. The summed E-state index contributed by atoms with van der Waals surface area (Å²) in [6.07, 6.45) is 5.05. The lowest BCUT2D eigenvalue weighted by Gasteiger charge is -2.12. The molecule has 0 saturated heterocycles. The lowest BCUT2D eigenvalue weighted by molar-refractivity contribution is 0.169. The molecular formula is C29H28OS. The summed E-state index contributed by atoms with van der Waals surface area (Å²) < 4.78 is 0. The van der Waals surface area contributed by atoms with Crippen molar-refractivity contribution < 1.29 is 5.11 Å². The van der Waals surface area contributed by atoms with Crippen molar-refractivity contribution in [3.63, 3.8) is 0 Å². The first kappa shape index (κ1) is 20.2. The average molecular weight is 425 g/mol. The molecule has 4 aromatic rings. The second kappa shape index (κ2) is 9.21. The lowest BCUT2D eigenvalue weighted by Crippen LogP contribution is -1.98. The number of thiophene rings is 1. The summed E-state index contributed by atoms with van der Waals surface area (Å²) in [6.45, 7) is 0. The first-order valence-electron chi connectivity index (χ1n) is 11.3. The first-order chi connectivity index (χ1) is 15.3. The van der Waals surface area contributed by atoms with Crippen molar-refractivity contribution in [3.05, 3.63) is 106 Å². The quantitative estimate of drug-likeness (QED) is 0.304. The topological polar surface area (TPSA) is 20.2 Å². The summed E-state index contributed by atoms with van der Waals surface area (Å²) in [5, 5.41) is 12.9. The predicted octanol–water partition coefficient (Wildman–Crippen LogP) is 8.02. The Morgan fingerprint density at radius 3 is 2.10 bits per heavy atom. The molecule has 3 aromatic carbocycles. The maximum absolute atomic E-state index is 10.8. The van der Waals surface area contributed by atoms with E-state index in [0.717, 1.165) is 35.6 Å². The molecule has 1 saturated carbocycles. The maximum atomic E-state index is 10.8. The summed E-state index contributed by atoms with van der Waals surface area (Å²) in [6, 6.07) is 30.5. The standard InChI is InChI=1S/C29H28OS/c30-28(8-4-7-21-5-2-1-3-6-21)29-27(19-20-31-29)26-17-15-25(16-18-26)24-13-11-23(12-14-24)22-9-10-22/h1-3,5-6,11-20,22,28,30H,4,7-10H2. The van der Waals surface area contributed by atoms with Crippen LogP contribution in [0.15, 0.2) is 90.3 Å². The van der Waals surface area contributed by atoms with Gasteiger partial charge in [-0.1, -0.05) is 78.9 Å². The molecule has 0 spiro atoms. The van der Waals surface area contributed by atoms with E-state index in [4.69, 9.17) is 0 Å². The van der Waals surface area contributed by atoms with Crippen LogP contribution in [0.5, 0.6) is 0 Å². The Morgan fingerprint density at radius 2 is 1.42 bits per heavy atom. The highest BCUT2D eigenvalue weighted by atomic mass is 32.1. The van der Waals surface area contributed by atoms with Gasteiger partial charge in [-0.15, -0.1) is 11.3 Å². The van der Waals surface area contributed by atoms with Crippen LogP contribution in [-0.4, -0.2) is 5.11 Å². The van der Waals surface area contributed by atoms with Crippen molar-refractivity contribution in [2.75, 3.05) is 0 Å². The molecule has 5 rings (SSSR count). The van der Waals surface area contributed by atoms with Gasteiger partial charge in [-0.05, 0) is 82.8 Å². The Morgan fingerprint density at radius 1 is 0.774 bits per heavy atom. The molecule has 1 unspecified atom stereocenters. The largest absolute Gasteiger partial charge is 0.388 e. The van der Waals surface area contributed by atoms with Crippen LogP contribution in [0.25, 0.3) is 22.3 Å².